The SMILES string of the molecule is COC1CC(n2cncc2-c2ccnc(N)c2)C1. The minimum atomic E-state index is 0.382. The molecule has 0 spiro atoms. The highest BCUT2D eigenvalue weighted by atomic mass is 16.5. The van der Waals surface area contributed by atoms with E-state index in [1.165, 1.54) is 0 Å². The molecule has 0 atom stereocenters. The van der Waals surface area contributed by atoms with Gasteiger partial charge in [-0.1, -0.05) is 0 Å². The van der Waals surface area contributed by atoms with Gasteiger partial charge < -0.3 is 15.0 Å². The fourth-order valence-electron chi connectivity index (χ4n) is 2.38. The first-order valence-corrected chi connectivity index (χ1v) is 6.04. The molecule has 1 saturated carbocycles. The van der Waals surface area contributed by atoms with Crippen LogP contribution in [0.5, 0.6) is 0 Å². The Kier molecular flexibility index (Phi) is 2.76. The minimum absolute atomic E-state index is 0.382. The smallest absolute Gasteiger partial charge is 0.123 e. The van der Waals surface area contributed by atoms with Gasteiger partial charge >= 0.3 is 0 Å². The van der Waals surface area contributed by atoms with Gasteiger partial charge in [0.2, 0.25) is 0 Å². The van der Waals surface area contributed by atoms with Crippen molar-refractivity contribution in [1.82, 2.24) is 14.5 Å². The highest BCUT2D eigenvalue weighted by Crippen LogP contribution is 2.37. The van der Waals surface area contributed by atoms with Crippen molar-refractivity contribution in [2.75, 3.05) is 12.8 Å². The number of hydrogen-bond acceptors (Lipinski definition) is 4. The van der Waals surface area contributed by atoms with Crippen molar-refractivity contribution in [2.24, 2.45) is 0 Å². The number of nitrogens with zero attached hydrogens (tertiary/aromatic N) is 3. The summed E-state index contributed by atoms with van der Waals surface area (Å²) in [5.41, 5.74) is 7.86. The van der Waals surface area contributed by atoms with E-state index in [-0.39, 0.29) is 0 Å². The lowest BCUT2D eigenvalue weighted by Crippen LogP contribution is -2.32. The molecule has 1 aliphatic carbocycles. The number of pyridine rings is 1. The quantitative estimate of drug-likeness (QED) is 0.895. The Morgan fingerprint density at radius 1 is 1.44 bits per heavy atom. The molecule has 0 amide bonds. The van der Waals surface area contributed by atoms with Crippen molar-refractivity contribution in [3.8, 4) is 11.3 Å². The first-order chi connectivity index (χ1) is 8.78. The van der Waals surface area contributed by atoms with E-state index in [0.29, 0.717) is 18.0 Å². The van der Waals surface area contributed by atoms with Gasteiger partial charge in [0.05, 0.1) is 24.3 Å². The van der Waals surface area contributed by atoms with Crippen LogP contribution in [0.2, 0.25) is 0 Å². The Bertz CT molecular complexity index is 545. The third-order valence-electron chi connectivity index (χ3n) is 3.54. The molecule has 94 valence electrons. The fraction of sp³-hybridized carbons (Fsp3) is 0.385. The van der Waals surface area contributed by atoms with Crippen molar-refractivity contribution in [3.63, 3.8) is 0 Å². The minimum Gasteiger partial charge on any atom is -0.384 e. The Hall–Kier alpha value is -1.88. The van der Waals surface area contributed by atoms with Crippen LogP contribution in [0.1, 0.15) is 18.9 Å². The van der Waals surface area contributed by atoms with Crippen molar-refractivity contribution < 1.29 is 4.74 Å². The van der Waals surface area contributed by atoms with Crippen molar-refractivity contribution in [3.05, 3.63) is 30.9 Å². The largest absolute Gasteiger partial charge is 0.384 e. The Labute approximate surface area is 106 Å². The van der Waals surface area contributed by atoms with E-state index < -0.39 is 0 Å². The first kappa shape index (κ1) is 11.2. The van der Waals surface area contributed by atoms with Crippen LogP contribution in [0.15, 0.2) is 30.9 Å². The second-order valence-corrected chi connectivity index (χ2v) is 4.64. The molecule has 0 aliphatic heterocycles. The normalized spacial score (nSPS) is 22.7. The molecule has 5 nitrogen and oxygen atoms in total. The average Bonchev–Trinajstić information content (AvgIpc) is 2.76. The van der Waals surface area contributed by atoms with Crippen molar-refractivity contribution >= 4 is 5.82 Å². The van der Waals surface area contributed by atoms with E-state index in [0.717, 1.165) is 24.1 Å². The predicted octanol–water partition coefficient (Wildman–Crippen LogP) is 1.88. The van der Waals surface area contributed by atoms with E-state index >= 15 is 0 Å². The third kappa shape index (κ3) is 1.86. The lowest BCUT2D eigenvalue weighted by Gasteiger charge is -2.35. The summed E-state index contributed by atoms with van der Waals surface area (Å²) < 4.78 is 7.51. The van der Waals surface area contributed by atoms with Crippen LogP contribution in [0.25, 0.3) is 11.3 Å². The first-order valence-electron chi connectivity index (χ1n) is 6.04. The highest BCUT2D eigenvalue weighted by molar-refractivity contribution is 5.61. The summed E-state index contributed by atoms with van der Waals surface area (Å²) in [4.78, 5) is 8.25. The number of nitrogens with two attached hydrogens (primary N) is 1. The van der Waals surface area contributed by atoms with Crippen molar-refractivity contribution in [2.45, 2.75) is 25.0 Å². The maximum atomic E-state index is 5.72. The van der Waals surface area contributed by atoms with Crippen molar-refractivity contribution in [1.29, 1.82) is 0 Å². The maximum Gasteiger partial charge on any atom is 0.123 e. The number of methoxy groups -OCH3 is 1. The Morgan fingerprint density at radius 2 is 2.28 bits per heavy atom. The third-order valence-corrected chi connectivity index (χ3v) is 3.54. The molecule has 1 aliphatic rings. The Balaban J connectivity index is 1.88. The monoisotopic (exact) mass is 244 g/mol. The second kappa shape index (κ2) is 4.42. The van der Waals surface area contributed by atoms with Gasteiger partial charge in [0.15, 0.2) is 0 Å². The zero-order valence-electron chi connectivity index (χ0n) is 10.3. The molecule has 0 aromatic carbocycles. The van der Waals surface area contributed by atoms with Gasteiger partial charge in [-0.3, -0.25) is 0 Å². The number of imidazole rings is 1. The summed E-state index contributed by atoms with van der Waals surface area (Å²) in [6.07, 6.45) is 7.94. The summed E-state index contributed by atoms with van der Waals surface area (Å²) in [7, 11) is 1.76. The number of anilines is 1. The fourth-order valence-corrected chi connectivity index (χ4v) is 2.38. The average molecular weight is 244 g/mol. The standard InChI is InChI=1S/C13H16N4O/c1-18-11-5-10(6-11)17-8-15-7-12(17)9-2-3-16-13(14)4-9/h2-4,7-8,10-11H,5-6H2,1H3,(H2,14,16). The van der Waals surface area contributed by atoms with Crippen LogP contribution >= 0.6 is 0 Å². The predicted molar refractivity (Wildman–Crippen MR) is 68.9 cm³/mol. The second-order valence-electron chi connectivity index (χ2n) is 4.64. The molecule has 2 aromatic rings. The summed E-state index contributed by atoms with van der Waals surface area (Å²) >= 11 is 0. The highest BCUT2D eigenvalue weighted by Gasteiger charge is 2.31. The number of ether oxygens (including phenoxy) is 1. The van der Waals surface area contributed by atoms with Crippen LogP contribution in [0.4, 0.5) is 5.82 Å². The van der Waals surface area contributed by atoms with Crippen LogP contribution in [0.3, 0.4) is 0 Å². The lowest BCUT2D eigenvalue weighted by atomic mass is 9.88. The molecular weight excluding hydrogens is 228 g/mol. The number of rotatable bonds is 3. The van der Waals surface area contributed by atoms with Gasteiger partial charge in [-0.25, -0.2) is 9.97 Å². The topological polar surface area (TPSA) is 66.0 Å². The van der Waals surface area contributed by atoms with Crippen LogP contribution in [0, 0.1) is 0 Å². The number of nitrogen functional groups attached to an aromatic ring is 1. The van der Waals surface area contributed by atoms with E-state index in [1.54, 1.807) is 13.3 Å². The Morgan fingerprint density at radius 3 is 3.00 bits per heavy atom. The zero-order chi connectivity index (χ0) is 12.5. The summed E-state index contributed by atoms with van der Waals surface area (Å²) in [6.45, 7) is 0. The zero-order valence-corrected chi connectivity index (χ0v) is 10.3. The molecule has 0 bridgehead atoms. The van der Waals surface area contributed by atoms with Crippen LogP contribution in [-0.4, -0.2) is 27.7 Å². The molecule has 18 heavy (non-hydrogen) atoms. The van der Waals surface area contributed by atoms with Gasteiger partial charge in [0.25, 0.3) is 0 Å². The summed E-state index contributed by atoms with van der Waals surface area (Å²) in [5.74, 6) is 0.531. The molecule has 1 fully saturated rings. The molecule has 0 unspecified atom stereocenters. The maximum absolute atomic E-state index is 5.72. The van der Waals surface area contributed by atoms with Crippen LogP contribution < -0.4 is 5.73 Å². The molecule has 0 saturated heterocycles. The van der Waals surface area contributed by atoms with E-state index in [9.17, 15) is 0 Å². The molecule has 3 rings (SSSR count). The molecule has 2 heterocycles. The van der Waals surface area contributed by atoms with E-state index in [4.69, 9.17) is 10.5 Å². The molecule has 0 radical (unpaired) electrons. The van der Waals surface area contributed by atoms with Gasteiger partial charge in [-0.05, 0) is 25.0 Å². The van der Waals surface area contributed by atoms with Gasteiger partial charge in [0, 0.05) is 24.9 Å². The summed E-state index contributed by atoms with van der Waals surface area (Å²) in [6, 6.07) is 4.30. The summed E-state index contributed by atoms with van der Waals surface area (Å²) in [5, 5.41) is 0. The lowest BCUT2D eigenvalue weighted by molar-refractivity contribution is 0.00663. The number of hydrogen-bond donors (Lipinski definition) is 1. The molecule has 2 N–H and O–H groups in total. The molecule has 2 aromatic heterocycles. The molecule has 5 heteroatoms. The van der Waals surface area contributed by atoms with Gasteiger partial charge in [0.1, 0.15) is 5.82 Å². The van der Waals surface area contributed by atoms with Gasteiger partial charge in [-0.15, -0.1) is 0 Å². The molecular formula is C13H16N4O. The van der Waals surface area contributed by atoms with E-state index in [1.807, 2.05) is 24.7 Å². The van der Waals surface area contributed by atoms with Crippen LogP contribution in [-0.2, 0) is 4.74 Å². The number of aromatic nitrogens is 3. The van der Waals surface area contributed by atoms with E-state index in [2.05, 4.69) is 14.5 Å². The van der Waals surface area contributed by atoms with Gasteiger partial charge in [-0.2, -0.15) is 0 Å².